The predicted octanol–water partition coefficient (Wildman–Crippen LogP) is 3.26. The summed E-state index contributed by atoms with van der Waals surface area (Å²) in [7, 11) is 1.65. The second-order valence-corrected chi connectivity index (χ2v) is 6.27. The first-order valence-electron chi connectivity index (χ1n) is 8.55. The molecule has 0 saturated heterocycles. The largest absolute Gasteiger partial charge is 0.451 e. The van der Waals surface area contributed by atoms with E-state index < -0.39 is 29.8 Å². The minimum atomic E-state index is -4.84. The highest BCUT2D eigenvalue weighted by atomic mass is 19.4. The van der Waals surface area contributed by atoms with Gasteiger partial charge in [-0.25, -0.2) is 14.4 Å². The van der Waals surface area contributed by atoms with E-state index in [1.54, 1.807) is 13.1 Å². The lowest BCUT2D eigenvalue weighted by atomic mass is 10.1. The molecule has 1 aromatic heterocycles. The van der Waals surface area contributed by atoms with Crippen molar-refractivity contribution in [1.29, 1.82) is 0 Å². The number of aromatic nitrogens is 2. The van der Waals surface area contributed by atoms with Gasteiger partial charge in [0.25, 0.3) is 5.91 Å². The van der Waals surface area contributed by atoms with Gasteiger partial charge in [0.15, 0.2) is 0 Å². The summed E-state index contributed by atoms with van der Waals surface area (Å²) in [6.07, 6.45) is -4.84. The van der Waals surface area contributed by atoms with E-state index in [1.165, 1.54) is 36.4 Å². The van der Waals surface area contributed by atoms with E-state index in [4.69, 9.17) is 5.73 Å². The van der Waals surface area contributed by atoms with E-state index in [-0.39, 0.29) is 28.8 Å². The SMILES string of the molecule is CNCC(Nc1nc(C(F)(F)F)nc2c(C(N)=O)cccc12)c1cccc(F)c1. The minimum absolute atomic E-state index is 0.144. The van der Waals surface area contributed by atoms with Crippen LogP contribution in [0.15, 0.2) is 42.5 Å². The number of nitrogens with one attached hydrogen (secondary N) is 2. The zero-order valence-electron chi connectivity index (χ0n) is 15.2. The second-order valence-electron chi connectivity index (χ2n) is 6.27. The summed E-state index contributed by atoms with van der Waals surface area (Å²) in [5.74, 6) is -2.95. The molecule has 6 nitrogen and oxygen atoms in total. The molecule has 0 aliphatic carbocycles. The third-order valence-corrected chi connectivity index (χ3v) is 4.22. The lowest BCUT2D eigenvalue weighted by molar-refractivity contribution is -0.144. The second kappa shape index (κ2) is 8.00. The van der Waals surface area contributed by atoms with Crippen molar-refractivity contribution in [2.75, 3.05) is 18.9 Å². The van der Waals surface area contributed by atoms with Crippen LogP contribution in [0.5, 0.6) is 0 Å². The van der Waals surface area contributed by atoms with Crippen LogP contribution in [0.25, 0.3) is 10.9 Å². The van der Waals surface area contributed by atoms with E-state index in [1.807, 2.05) is 0 Å². The summed E-state index contributed by atoms with van der Waals surface area (Å²) in [6, 6.07) is 9.32. The molecule has 0 radical (unpaired) electrons. The number of carbonyl (C=O) groups excluding carboxylic acids is 1. The van der Waals surface area contributed by atoms with Crippen molar-refractivity contribution < 1.29 is 22.4 Å². The number of likely N-dealkylation sites (N-methyl/N-ethyl adjacent to an activating group) is 1. The van der Waals surface area contributed by atoms with Gasteiger partial charge < -0.3 is 16.4 Å². The molecule has 3 rings (SSSR count). The number of nitrogens with two attached hydrogens (primary N) is 1. The van der Waals surface area contributed by atoms with E-state index >= 15 is 0 Å². The van der Waals surface area contributed by atoms with E-state index in [0.717, 1.165) is 0 Å². The number of anilines is 1. The van der Waals surface area contributed by atoms with Crippen LogP contribution in [-0.4, -0.2) is 29.5 Å². The lowest BCUT2D eigenvalue weighted by Gasteiger charge is -2.21. The third kappa shape index (κ3) is 4.43. The van der Waals surface area contributed by atoms with Crippen molar-refractivity contribution in [3.63, 3.8) is 0 Å². The van der Waals surface area contributed by atoms with Crippen molar-refractivity contribution in [2.24, 2.45) is 5.73 Å². The Morgan fingerprint density at radius 1 is 1.17 bits per heavy atom. The van der Waals surface area contributed by atoms with Crippen LogP contribution in [0.3, 0.4) is 0 Å². The first kappa shape index (κ1) is 20.5. The van der Waals surface area contributed by atoms with Gasteiger partial charge in [0, 0.05) is 11.9 Å². The van der Waals surface area contributed by atoms with Crippen molar-refractivity contribution in [1.82, 2.24) is 15.3 Å². The van der Waals surface area contributed by atoms with Crippen molar-refractivity contribution >= 4 is 22.6 Å². The fraction of sp³-hybridized carbons (Fsp3) is 0.211. The van der Waals surface area contributed by atoms with E-state index in [0.29, 0.717) is 5.56 Å². The Morgan fingerprint density at radius 3 is 2.52 bits per heavy atom. The molecule has 0 saturated carbocycles. The predicted molar refractivity (Wildman–Crippen MR) is 99.7 cm³/mol. The standard InChI is InChI=1S/C19H17F4N5O/c1-25-9-14(10-4-2-5-11(20)8-10)26-17-13-7-3-6-12(16(24)29)15(13)27-18(28-17)19(21,22)23/h2-8,14,25H,9H2,1H3,(H2,24,29)(H,26,27,28). The fourth-order valence-corrected chi connectivity index (χ4v) is 2.93. The molecule has 1 unspecified atom stereocenters. The highest BCUT2D eigenvalue weighted by Crippen LogP contribution is 2.33. The number of hydrogen-bond donors (Lipinski definition) is 3. The smallest absolute Gasteiger partial charge is 0.366 e. The molecular formula is C19H17F4N5O. The number of para-hydroxylation sites is 1. The average Bonchev–Trinajstić information content (AvgIpc) is 2.66. The van der Waals surface area contributed by atoms with Gasteiger partial charge in [-0.05, 0) is 36.9 Å². The van der Waals surface area contributed by atoms with Crippen LogP contribution in [0.1, 0.15) is 27.8 Å². The quantitative estimate of drug-likeness (QED) is 0.546. The lowest BCUT2D eigenvalue weighted by Crippen LogP contribution is -2.25. The molecule has 29 heavy (non-hydrogen) atoms. The number of nitrogens with zero attached hydrogens (tertiary/aromatic N) is 2. The highest BCUT2D eigenvalue weighted by Gasteiger charge is 2.36. The molecule has 0 spiro atoms. The van der Waals surface area contributed by atoms with Gasteiger partial charge in [0.1, 0.15) is 11.6 Å². The van der Waals surface area contributed by atoms with Gasteiger partial charge in [0.05, 0.1) is 17.1 Å². The molecule has 0 bridgehead atoms. The Labute approximate surface area is 163 Å². The normalized spacial score (nSPS) is 12.7. The molecule has 1 atom stereocenters. The van der Waals surface area contributed by atoms with Gasteiger partial charge in [-0.3, -0.25) is 4.79 Å². The molecule has 152 valence electrons. The number of hydrogen-bond acceptors (Lipinski definition) is 5. The molecule has 0 aliphatic heterocycles. The Kier molecular flexibility index (Phi) is 5.64. The van der Waals surface area contributed by atoms with Crippen LogP contribution >= 0.6 is 0 Å². The van der Waals surface area contributed by atoms with Gasteiger partial charge in [0.2, 0.25) is 5.82 Å². The summed E-state index contributed by atoms with van der Waals surface area (Å²) in [5.41, 5.74) is 5.42. The van der Waals surface area contributed by atoms with Crippen LogP contribution in [0.4, 0.5) is 23.4 Å². The van der Waals surface area contributed by atoms with Gasteiger partial charge in [-0.15, -0.1) is 0 Å². The molecule has 4 N–H and O–H groups in total. The number of carbonyl (C=O) groups is 1. The number of benzene rings is 2. The molecule has 10 heteroatoms. The molecule has 1 amide bonds. The highest BCUT2D eigenvalue weighted by molar-refractivity contribution is 6.07. The van der Waals surface area contributed by atoms with Crippen LogP contribution < -0.4 is 16.4 Å². The summed E-state index contributed by atoms with van der Waals surface area (Å²) in [6.45, 7) is 0.270. The Hall–Kier alpha value is -3.27. The maximum atomic E-state index is 13.6. The first-order chi connectivity index (χ1) is 13.7. The van der Waals surface area contributed by atoms with Gasteiger partial charge in [-0.1, -0.05) is 18.2 Å². The Bertz CT molecular complexity index is 1050. The summed E-state index contributed by atoms with van der Waals surface area (Å²) in [4.78, 5) is 18.8. The Balaban J connectivity index is 2.18. The molecule has 0 fully saturated rings. The van der Waals surface area contributed by atoms with Crippen LogP contribution in [0.2, 0.25) is 0 Å². The zero-order valence-corrected chi connectivity index (χ0v) is 15.2. The van der Waals surface area contributed by atoms with Crippen LogP contribution in [-0.2, 0) is 6.18 Å². The maximum absolute atomic E-state index is 13.6. The maximum Gasteiger partial charge on any atom is 0.451 e. The summed E-state index contributed by atoms with van der Waals surface area (Å²) >= 11 is 0. The number of alkyl halides is 3. The van der Waals surface area contributed by atoms with E-state index in [2.05, 4.69) is 20.6 Å². The van der Waals surface area contributed by atoms with Crippen molar-refractivity contribution in [3.8, 4) is 0 Å². The monoisotopic (exact) mass is 407 g/mol. The molecule has 3 aromatic rings. The topological polar surface area (TPSA) is 92.9 Å². The fourth-order valence-electron chi connectivity index (χ4n) is 2.93. The number of rotatable bonds is 6. The van der Waals surface area contributed by atoms with Gasteiger partial charge >= 0.3 is 6.18 Å². The molecule has 2 aromatic carbocycles. The molecule has 0 aliphatic rings. The average molecular weight is 407 g/mol. The first-order valence-corrected chi connectivity index (χ1v) is 8.55. The number of primary amides is 1. The Morgan fingerprint density at radius 2 is 1.90 bits per heavy atom. The van der Waals surface area contributed by atoms with E-state index in [9.17, 15) is 22.4 Å². The summed E-state index contributed by atoms with van der Waals surface area (Å²) in [5, 5.41) is 6.00. The molecule has 1 heterocycles. The number of halogens is 4. The number of fused-ring (bicyclic) bond motifs is 1. The summed E-state index contributed by atoms with van der Waals surface area (Å²) < 4.78 is 53.7. The molecular weight excluding hydrogens is 390 g/mol. The van der Waals surface area contributed by atoms with Crippen molar-refractivity contribution in [2.45, 2.75) is 12.2 Å². The van der Waals surface area contributed by atoms with Gasteiger partial charge in [-0.2, -0.15) is 13.2 Å². The van der Waals surface area contributed by atoms with Crippen LogP contribution in [0, 0.1) is 5.82 Å². The zero-order chi connectivity index (χ0) is 21.2. The third-order valence-electron chi connectivity index (χ3n) is 4.22. The van der Waals surface area contributed by atoms with Crippen molar-refractivity contribution in [3.05, 3.63) is 65.2 Å². The minimum Gasteiger partial charge on any atom is -0.366 e. The number of amides is 1.